The predicted molar refractivity (Wildman–Crippen MR) is 60.2 cm³/mol. The van der Waals surface area contributed by atoms with Gasteiger partial charge in [0.05, 0.1) is 9.37 Å². The Hall–Kier alpha value is -1.01. The summed E-state index contributed by atoms with van der Waals surface area (Å²) in [7, 11) is 0. The minimum atomic E-state index is -0.614. The number of aromatic nitrogens is 2. The topological polar surface area (TPSA) is 25.8 Å². The Balaban J connectivity index is 2.23. The fourth-order valence-electron chi connectivity index (χ4n) is 1.01. The van der Waals surface area contributed by atoms with Gasteiger partial charge in [-0.3, -0.25) is 0 Å². The molecule has 82 valence electrons. The minimum Gasteiger partial charge on any atom is -0.230 e. The van der Waals surface area contributed by atoms with Crippen LogP contribution in [0.3, 0.4) is 0 Å². The summed E-state index contributed by atoms with van der Waals surface area (Å²) in [5.41, 5.74) is 0. The molecule has 0 N–H and O–H groups in total. The van der Waals surface area contributed by atoms with Gasteiger partial charge in [0.1, 0.15) is 11.6 Å². The van der Waals surface area contributed by atoms with Gasteiger partial charge in [-0.1, -0.05) is 0 Å². The molecule has 1 aromatic heterocycles. The Kier molecular flexibility index (Phi) is 3.50. The van der Waals surface area contributed by atoms with Gasteiger partial charge in [0.2, 0.25) is 0 Å². The monoisotopic (exact) mass is 302 g/mol. The van der Waals surface area contributed by atoms with E-state index in [-0.39, 0.29) is 0 Å². The lowest BCUT2D eigenvalue weighted by atomic mass is 10.3. The van der Waals surface area contributed by atoms with E-state index in [1.807, 2.05) is 0 Å². The van der Waals surface area contributed by atoms with E-state index in [0.717, 1.165) is 22.3 Å². The van der Waals surface area contributed by atoms with Gasteiger partial charge < -0.3 is 0 Å². The van der Waals surface area contributed by atoms with E-state index in [0.29, 0.717) is 10.1 Å². The second kappa shape index (κ2) is 4.88. The van der Waals surface area contributed by atoms with Crippen molar-refractivity contribution in [3.8, 4) is 0 Å². The first kappa shape index (κ1) is 11.5. The van der Waals surface area contributed by atoms with E-state index < -0.39 is 11.6 Å². The summed E-state index contributed by atoms with van der Waals surface area (Å²) in [6.45, 7) is 0. The molecule has 1 heterocycles. The van der Waals surface area contributed by atoms with Gasteiger partial charge in [-0.25, -0.2) is 18.7 Å². The van der Waals surface area contributed by atoms with Crippen LogP contribution in [0.5, 0.6) is 0 Å². The number of hydrogen-bond donors (Lipinski definition) is 0. The highest BCUT2D eigenvalue weighted by Gasteiger charge is 2.07. The number of hydrogen-bond acceptors (Lipinski definition) is 3. The van der Waals surface area contributed by atoms with Crippen LogP contribution < -0.4 is 0 Å². The van der Waals surface area contributed by atoms with Crippen molar-refractivity contribution in [1.29, 1.82) is 0 Å². The molecule has 0 saturated heterocycles. The zero-order valence-corrected chi connectivity index (χ0v) is 10.2. The van der Waals surface area contributed by atoms with E-state index in [1.54, 1.807) is 12.4 Å². The SMILES string of the molecule is Fc1ccc(Sc2ncc(Br)cn2)c(F)c1. The fraction of sp³-hybridized carbons (Fsp3) is 0. The molecular weight excluding hydrogens is 298 g/mol. The first-order valence-electron chi connectivity index (χ1n) is 4.25. The highest BCUT2D eigenvalue weighted by Crippen LogP contribution is 2.27. The molecule has 0 bridgehead atoms. The summed E-state index contributed by atoms with van der Waals surface area (Å²) >= 11 is 4.24. The number of benzene rings is 1. The van der Waals surface area contributed by atoms with Crippen LogP contribution in [0.4, 0.5) is 8.78 Å². The molecular formula is C10H5BrF2N2S. The molecule has 0 radical (unpaired) electrons. The number of rotatable bonds is 2. The molecule has 16 heavy (non-hydrogen) atoms. The van der Waals surface area contributed by atoms with Gasteiger partial charge in [-0.2, -0.15) is 0 Å². The van der Waals surface area contributed by atoms with E-state index in [2.05, 4.69) is 25.9 Å². The molecule has 6 heteroatoms. The minimum absolute atomic E-state index is 0.295. The molecule has 2 nitrogen and oxygen atoms in total. The van der Waals surface area contributed by atoms with Gasteiger partial charge in [0.15, 0.2) is 5.16 Å². The molecule has 1 aromatic carbocycles. The number of nitrogens with zero attached hydrogens (tertiary/aromatic N) is 2. The average Bonchev–Trinajstić information content (AvgIpc) is 2.25. The van der Waals surface area contributed by atoms with Crippen molar-refractivity contribution < 1.29 is 8.78 Å². The lowest BCUT2D eigenvalue weighted by Crippen LogP contribution is -1.88. The molecule has 0 unspecified atom stereocenters. The number of halogens is 3. The molecule has 2 aromatic rings. The van der Waals surface area contributed by atoms with Crippen LogP contribution in [0.2, 0.25) is 0 Å². The van der Waals surface area contributed by atoms with Crippen LogP contribution in [0.15, 0.2) is 45.1 Å². The quantitative estimate of drug-likeness (QED) is 0.792. The maximum Gasteiger partial charge on any atom is 0.192 e. The first-order valence-corrected chi connectivity index (χ1v) is 5.86. The predicted octanol–water partition coefficient (Wildman–Crippen LogP) is 3.67. The highest BCUT2D eigenvalue weighted by molar-refractivity contribution is 9.10. The summed E-state index contributed by atoms with van der Waals surface area (Å²) in [4.78, 5) is 8.26. The van der Waals surface area contributed by atoms with Crippen molar-refractivity contribution in [2.75, 3.05) is 0 Å². The van der Waals surface area contributed by atoms with Crippen molar-refractivity contribution in [1.82, 2.24) is 9.97 Å². The Morgan fingerprint density at radius 3 is 2.44 bits per heavy atom. The highest BCUT2D eigenvalue weighted by atomic mass is 79.9. The van der Waals surface area contributed by atoms with Crippen molar-refractivity contribution in [3.63, 3.8) is 0 Å². The maximum absolute atomic E-state index is 13.3. The van der Waals surface area contributed by atoms with Crippen LogP contribution in [0.25, 0.3) is 0 Å². The standard InChI is InChI=1S/C10H5BrF2N2S/c11-6-4-14-10(15-5-6)16-9-2-1-7(12)3-8(9)13/h1-5H. The van der Waals surface area contributed by atoms with Crippen molar-refractivity contribution in [2.45, 2.75) is 10.1 Å². The van der Waals surface area contributed by atoms with E-state index in [4.69, 9.17) is 0 Å². The van der Waals surface area contributed by atoms with E-state index >= 15 is 0 Å². The molecule has 0 spiro atoms. The van der Waals surface area contributed by atoms with Gasteiger partial charge in [-0.05, 0) is 39.8 Å². The van der Waals surface area contributed by atoms with Crippen LogP contribution in [-0.2, 0) is 0 Å². The average molecular weight is 303 g/mol. The van der Waals surface area contributed by atoms with Gasteiger partial charge in [0.25, 0.3) is 0 Å². The lowest BCUT2D eigenvalue weighted by molar-refractivity contribution is 0.565. The van der Waals surface area contributed by atoms with Crippen molar-refractivity contribution in [3.05, 3.63) is 46.7 Å². The lowest BCUT2D eigenvalue weighted by Gasteiger charge is -2.01. The van der Waals surface area contributed by atoms with Crippen molar-refractivity contribution in [2.24, 2.45) is 0 Å². The maximum atomic E-state index is 13.3. The third-order valence-corrected chi connectivity index (χ3v) is 3.05. The summed E-state index contributed by atoms with van der Waals surface area (Å²) in [6.07, 6.45) is 3.13. The smallest absolute Gasteiger partial charge is 0.192 e. The zero-order valence-electron chi connectivity index (χ0n) is 7.82. The van der Waals surface area contributed by atoms with Crippen LogP contribution in [0.1, 0.15) is 0 Å². The molecule has 0 fully saturated rings. The third kappa shape index (κ3) is 2.76. The fourth-order valence-corrected chi connectivity index (χ4v) is 1.91. The molecule has 2 rings (SSSR count). The molecule has 0 aliphatic heterocycles. The molecule has 0 amide bonds. The largest absolute Gasteiger partial charge is 0.230 e. The van der Waals surface area contributed by atoms with Crippen LogP contribution in [0, 0.1) is 11.6 Å². The van der Waals surface area contributed by atoms with Gasteiger partial charge in [-0.15, -0.1) is 0 Å². The molecule has 0 aliphatic rings. The Morgan fingerprint density at radius 2 is 1.81 bits per heavy atom. The first-order chi connectivity index (χ1) is 7.65. The molecule has 0 aliphatic carbocycles. The summed E-state index contributed by atoms with van der Waals surface area (Å²) < 4.78 is 26.7. The third-order valence-electron chi connectivity index (χ3n) is 1.69. The van der Waals surface area contributed by atoms with Crippen LogP contribution in [-0.4, -0.2) is 9.97 Å². The van der Waals surface area contributed by atoms with Crippen molar-refractivity contribution >= 4 is 27.7 Å². The summed E-state index contributed by atoms with van der Waals surface area (Å²) in [5, 5.41) is 0.411. The van der Waals surface area contributed by atoms with Gasteiger partial charge in [0, 0.05) is 18.5 Å². The molecule has 0 saturated carbocycles. The Bertz CT molecular complexity index is 505. The Labute approximate surface area is 103 Å². The summed E-state index contributed by atoms with van der Waals surface area (Å²) in [5.74, 6) is -1.21. The molecule has 0 atom stereocenters. The second-order valence-electron chi connectivity index (χ2n) is 2.86. The summed E-state index contributed by atoms with van der Waals surface area (Å²) in [6, 6.07) is 3.40. The normalized spacial score (nSPS) is 10.4. The Morgan fingerprint density at radius 1 is 1.12 bits per heavy atom. The van der Waals surface area contributed by atoms with E-state index in [9.17, 15) is 8.78 Å². The second-order valence-corrected chi connectivity index (χ2v) is 4.79. The van der Waals surface area contributed by atoms with E-state index in [1.165, 1.54) is 12.1 Å². The van der Waals surface area contributed by atoms with Crippen LogP contribution >= 0.6 is 27.7 Å². The zero-order chi connectivity index (χ0) is 11.5. The van der Waals surface area contributed by atoms with Gasteiger partial charge >= 0.3 is 0 Å².